The van der Waals surface area contributed by atoms with Gasteiger partial charge in [-0.15, -0.1) is 0 Å². The van der Waals surface area contributed by atoms with Gasteiger partial charge in [-0.2, -0.15) is 0 Å². The van der Waals surface area contributed by atoms with Crippen LogP contribution in [0, 0.1) is 5.92 Å². The highest BCUT2D eigenvalue weighted by atomic mass is 35.5. The van der Waals surface area contributed by atoms with Crippen molar-refractivity contribution in [1.82, 2.24) is 5.32 Å². The van der Waals surface area contributed by atoms with Crippen LogP contribution in [0.15, 0.2) is 71.2 Å². The molecule has 1 aromatic heterocycles. The number of halogens is 1. The average molecular weight is 480 g/mol. The van der Waals surface area contributed by atoms with Crippen molar-refractivity contribution in [3.63, 3.8) is 0 Å². The summed E-state index contributed by atoms with van der Waals surface area (Å²) in [6.07, 6.45) is 5.36. The van der Waals surface area contributed by atoms with Gasteiger partial charge in [0.25, 0.3) is 0 Å². The Labute approximate surface area is 204 Å². The van der Waals surface area contributed by atoms with E-state index in [1.165, 1.54) is 18.9 Å². The van der Waals surface area contributed by atoms with Crippen molar-refractivity contribution in [1.29, 1.82) is 0 Å². The Morgan fingerprint density at radius 1 is 1.09 bits per heavy atom. The number of para-hydroxylation sites is 2. The molecule has 1 aliphatic rings. The van der Waals surface area contributed by atoms with Gasteiger partial charge in [-0.3, -0.25) is 10.1 Å². The van der Waals surface area contributed by atoms with Gasteiger partial charge in [-0.1, -0.05) is 30.7 Å². The third-order valence-corrected chi connectivity index (χ3v) is 6.12. The highest BCUT2D eigenvalue weighted by molar-refractivity contribution is 7.80. The van der Waals surface area contributed by atoms with Crippen LogP contribution in [0.5, 0.6) is 0 Å². The van der Waals surface area contributed by atoms with Crippen LogP contribution >= 0.6 is 23.8 Å². The van der Waals surface area contributed by atoms with Crippen molar-refractivity contribution in [2.45, 2.75) is 19.8 Å². The minimum absolute atomic E-state index is 0.253. The van der Waals surface area contributed by atoms with Gasteiger partial charge in [0.15, 0.2) is 5.11 Å². The molecule has 2 aromatic carbocycles. The van der Waals surface area contributed by atoms with Gasteiger partial charge in [-0.25, -0.2) is 0 Å². The topological polar surface area (TPSA) is 57.5 Å². The molecule has 4 rings (SSSR count). The number of rotatable bonds is 5. The molecule has 2 N–H and O–H groups in total. The van der Waals surface area contributed by atoms with Gasteiger partial charge in [0.2, 0.25) is 5.91 Å². The molecule has 170 valence electrons. The molecule has 2 heterocycles. The highest BCUT2D eigenvalue weighted by Gasteiger charge is 2.18. The first-order valence-electron chi connectivity index (χ1n) is 11.0. The molecule has 0 bridgehead atoms. The fourth-order valence-electron chi connectivity index (χ4n) is 3.78. The highest BCUT2D eigenvalue weighted by Crippen LogP contribution is 2.29. The molecule has 0 atom stereocenters. The van der Waals surface area contributed by atoms with E-state index in [1.807, 2.05) is 36.4 Å². The number of furan rings is 1. The quantitative estimate of drug-likeness (QED) is 0.329. The summed E-state index contributed by atoms with van der Waals surface area (Å²) in [6.45, 7) is 4.33. The second-order valence-corrected chi connectivity index (χ2v) is 9.02. The number of amides is 1. The number of benzene rings is 2. The molecule has 33 heavy (non-hydrogen) atoms. The van der Waals surface area contributed by atoms with Crippen molar-refractivity contribution in [2.75, 3.05) is 23.3 Å². The first kappa shape index (κ1) is 23.1. The Morgan fingerprint density at radius 3 is 2.58 bits per heavy atom. The number of thiocarbonyl (C=S) groups is 1. The fraction of sp³-hybridized carbons (Fsp3) is 0.231. The standard InChI is InChI=1S/C26H26ClN3O2S/c1-18-14-16-30(17-15-18)23-5-3-2-4-22(23)28-26(33)29-25(31)13-11-21-10-12-24(32-21)19-6-8-20(27)9-7-19/h2-13,18H,14-17H2,1H3,(H2,28,29,31,33). The largest absolute Gasteiger partial charge is 0.457 e. The van der Waals surface area contributed by atoms with Crippen molar-refractivity contribution in [2.24, 2.45) is 5.92 Å². The van der Waals surface area contributed by atoms with Crippen molar-refractivity contribution in [3.8, 4) is 11.3 Å². The lowest BCUT2D eigenvalue weighted by Gasteiger charge is -2.33. The lowest BCUT2D eigenvalue weighted by atomic mass is 9.98. The van der Waals surface area contributed by atoms with Crippen LogP contribution in [-0.2, 0) is 4.79 Å². The number of hydrogen-bond donors (Lipinski definition) is 2. The third-order valence-electron chi connectivity index (χ3n) is 5.67. The van der Waals surface area contributed by atoms with Crippen LogP contribution in [0.25, 0.3) is 17.4 Å². The maximum Gasteiger partial charge on any atom is 0.250 e. The molecule has 3 aromatic rings. The van der Waals surface area contributed by atoms with Gasteiger partial charge >= 0.3 is 0 Å². The Balaban J connectivity index is 1.34. The molecule has 1 aliphatic heterocycles. The molecule has 0 radical (unpaired) electrons. The van der Waals surface area contributed by atoms with E-state index >= 15 is 0 Å². The van der Waals surface area contributed by atoms with Gasteiger partial charge < -0.3 is 14.6 Å². The zero-order valence-corrected chi connectivity index (χ0v) is 20.0. The molecule has 1 amide bonds. The summed E-state index contributed by atoms with van der Waals surface area (Å²) in [5, 5.41) is 6.79. The fourth-order valence-corrected chi connectivity index (χ4v) is 4.12. The van der Waals surface area contributed by atoms with Gasteiger partial charge in [0.1, 0.15) is 11.5 Å². The molecule has 1 fully saturated rings. The molecule has 7 heteroatoms. The Morgan fingerprint density at radius 2 is 1.82 bits per heavy atom. The van der Waals surface area contributed by atoms with Crippen LogP contribution in [0.1, 0.15) is 25.5 Å². The minimum Gasteiger partial charge on any atom is -0.457 e. The molecule has 0 saturated carbocycles. The van der Waals surface area contributed by atoms with Crippen LogP contribution in [-0.4, -0.2) is 24.1 Å². The van der Waals surface area contributed by atoms with Gasteiger partial charge in [0.05, 0.1) is 11.4 Å². The van der Waals surface area contributed by atoms with E-state index in [-0.39, 0.29) is 11.0 Å². The average Bonchev–Trinajstić information content (AvgIpc) is 3.28. The smallest absolute Gasteiger partial charge is 0.250 e. The van der Waals surface area contributed by atoms with Crippen LogP contribution in [0.3, 0.4) is 0 Å². The number of piperidine rings is 1. The summed E-state index contributed by atoms with van der Waals surface area (Å²) in [7, 11) is 0. The lowest BCUT2D eigenvalue weighted by Crippen LogP contribution is -2.35. The van der Waals surface area contributed by atoms with Crippen molar-refractivity contribution in [3.05, 3.63) is 77.5 Å². The first-order valence-corrected chi connectivity index (χ1v) is 11.8. The van der Waals surface area contributed by atoms with E-state index in [0.29, 0.717) is 16.5 Å². The van der Waals surface area contributed by atoms with Crippen LogP contribution < -0.4 is 15.5 Å². The second-order valence-electron chi connectivity index (χ2n) is 8.17. The Kier molecular flexibility index (Phi) is 7.47. The maximum absolute atomic E-state index is 12.4. The number of hydrogen-bond acceptors (Lipinski definition) is 4. The Hall–Kier alpha value is -3.09. The van der Waals surface area contributed by atoms with Crippen molar-refractivity contribution < 1.29 is 9.21 Å². The van der Waals surface area contributed by atoms with Crippen molar-refractivity contribution >= 4 is 52.3 Å². The molecule has 1 saturated heterocycles. The first-order chi connectivity index (χ1) is 16.0. The minimum atomic E-state index is -0.332. The van der Waals surface area contributed by atoms with E-state index in [0.717, 1.165) is 35.9 Å². The number of carbonyl (C=O) groups is 1. The summed E-state index contributed by atoms with van der Waals surface area (Å²) >= 11 is 11.3. The van der Waals surface area contributed by atoms with Crippen LogP contribution in [0.2, 0.25) is 5.02 Å². The SMILES string of the molecule is CC1CCN(c2ccccc2NC(=S)NC(=O)C=Cc2ccc(-c3ccc(Cl)cc3)o2)CC1. The number of nitrogens with one attached hydrogen (secondary N) is 2. The zero-order chi connectivity index (χ0) is 23.2. The predicted molar refractivity (Wildman–Crippen MR) is 140 cm³/mol. The monoisotopic (exact) mass is 479 g/mol. The third kappa shape index (κ3) is 6.24. The second kappa shape index (κ2) is 10.7. The van der Waals surface area contributed by atoms with E-state index in [2.05, 4.69) is 28.5 Å². The van der Waals surface area contributed by atoms with Gasteiger partial charge in [0, 0.05) is 29.8 Å². The van der Waals surface area contributed by atoms with Gasteiger partial charge in [-0.05, 0) is 85.6 Å². The molecule has 0 spiro atoms. The summed E-state index contributed by atoms with van der Waals surface area (Å²) in [5.41, 5.74) is 2.90. The van der Waals surface area contributed by atoms with E-state index in [4.69, 9.17) is 28.2 Å². The van der Waals surface area contributed by atoms with Crippen LogP contribution in [0.4, 0.5) is 11.4 Å². The number of nitrogens with zero attached hydrogens (tertiary/aromatic N) is 1. The summed E-state index contributed by atoms with van der Waals surface area (Å²) in [4.78, 5) is 14.7. The molecular weight excluding hydrogens is 454 g/mol. The normalized spacial score (nSPS) is 14.4. The van der Waals surface area contributed by atoms with E-state index in [9.17, 15) is 4.79 Å². The molecule has 0 unspecified atom stereocenters. The lowest BCUT2D eigenvalue weighted by molar-refractivity contribution is -0.115. The summed E-state index contributed by atoms with van der Waals surface area (Å²) in [6, 6.07) is 19.1. The summed E-state index contributed by atoms with van der Waals surface area (Å²) in [5.74, 6) is 1.69. The zero-order valence-electron chi connectivity index (χ0n) is 18.4. The maximum atomic E-state index is 12.4. The number of carbonyl (C=O) groups excluding carboxylic acids is 1. The Bertz CT molecular complexity index is 1150. The number of anilines is 2. The summed E-state index contributed by atoms with van der Waals surface area (Å²) < 4.78 is 5.79. The molecular formula is C26H26ClN3O2S. The predicted octanol–water partition coefficient (Wildman–Crippen LogP) is 6.36. The molecule has 0 aliphatic carbocycles. The molecule has 5 nitrogen and oxygen atoms in total. The van der Waals surface area contributed by atoms with E-state index < -0.39 is 0 Å². The van der Waals surface area contributed by atoms with E-state index in [1.54, 1.807) is 24.3 Å².